The monoisotopic (exact) mass is 447 g/mol. The summed E-state index contributed by atoms with van der Waals surface area (Å²) >= 11 is 6.32. The number of H-pyrrole nitrogens is 1. The second kappa shape index (κ2) is 8.16. The highest BCUT2D eigenvalue weighted by Gasteiger charge is 2.33. The molecule has 4 aromatic rings. The van der Waals surface area contributed by atoms with E-state index in [0.717, 1.165) is 46.8 Å². The third kappa shape index (κ3) is 3.76. The normalized spacial score (nSPS) is 13.2. The van der Waals surface area contributed by atoms with E-state index in [1.165, 1.54) is 0 Å². The minimum Gasteiger partial charge on any atom is -0.496 e. The van der Waals surface area contributed by atoms with Gasteiger partial charge in [-0.15, -0.1) is 0 Å². The minimum atomic E-state index is -0.241. The molecule has 162 valence electrons. The van der Waals surface area contributed by atoms with Gasteiger partial charge in [0.15, 0.2) is 5.82 Å². The number of nitrogens with zero attached hydrogens (tertiary/aromatic N) is 3. The number of benzene rings is 2. The van der Waals surface area contributed by atoms with Crippen LogP contribution in [0, 0.1) is 6.92 Å². The van der Waals surface area contributed by atoms with E-state index in [9.17, 15) is 4.79 Å². The van der Waals surface area contributed by atoms with Crippen LogP contribution in [0.3, 0.4) is 0 Å². The van der Waals surface area contributed by atoms with Crippen molar-refractivity contribution >= 4 is 23.3 Å². The van der Waals surface area contributed by atoms with Gasteiger partial charge in [0.1, 0.15) is 5.75 Å². The van der Waals surface area contributed by atoms with Crippen molar-refractivity contribution in [2.75, 3.05) is 12.4 Å². The van der Waals surface area contributed by atoms with Crippen molar-refractivity contribution in [1.29, 1.82) is 0 Å². The maximum absolute atomic E-state index is 13.1. The lowest BCUT2D eigenvalue weighted by Crippen LogP contribution is -2.14. The van der Waals surface area contributed by atoms with E-state index in [1.54, 1.807) is 19.4 Å². The Labute approximate surface area is 190 Å². The molecule has 0 atom stereocenters. The van der Waals surface area contributed by atoms with Gasteiger partial charge in [0, 0.05) is 22.6 Å². The van der Waals surface area contributed by atoms with E-state index in [2.05, 4.69) is 20.6 Å². The van der Waals surface area contributed by atoms with Crippen LogP contribution < -0.4 is 10.1 Å². The number of anilines is 1. The average molecular weight is 448 g/mol. The van der Waals surface area contributed by atoms with Crippen LogP contribution in [0.25, 0.3) is 16.9 Å². The van der Waals surface area contributed by atoms with Gasteiger partial charge in [0.05, 0.1) is 35.9 Å². The van der Waals surface area contributed by atoms with E-state index in [1.807, 2.05) is 54.1 Å². The molecule has 2 aromatic carbocycles. The lowest BCUT2D eigenvalue weighted by atomic mass is 10.1. The van der Waals surface area contributed by atoms with Crippen molar-refractivity contribution in [3.8, 4) is 22.7 Å². The Hall–Kier alpha value is -3.58. The number of hydrogen-bond acceptors (Lipinski definition) is 4. The minimum absolute atomic E-state index is 0.241. The SMILES string of the molecule is COc1ccccc1-c1cc(NC(=O)c2cnn(-c3ccc(C)c(Cl)c3)c2C2CC2)n[nH]1. The number of amides is 1. The van der Waals surface area contributed by atoms with Gasteiger partial charge in [0.2, 0.25) is 0 Å². The van der Waals surface area contributed by atoms with Crippen molar-refractivity contribution in [3.63, 3.8) is 0 Å². The molecule has 2 heterocycles. The summed E-state index contributed by atoms with van der Waals surface area (Å²) in [5, 5.41) is 15.3. The lowest BCUT2D eigenvalue weighted by molar-refractivity contribution is 0.102. The molecule has 32 heavy (non-hydrogen) atoms. The fraction of sp³-hybridized carbons (Fsp3) is 0.208. The summed E-state index contributed by atoms with van der Waals surface area (Å²) in [5.74, 6) is 1.22. The molecule has 2 aromatic heterocycles. The Morgan fingerprint density at radius 1 is 1.22 bits per heavy atom. The van der Waals surface area contributed by atoms with Crippen LogP contribution in [-0.2, 0) is 0 Å². The topological polar surface area (TPSA) is 84.8 Å². The summed E-state index contributed by atoms with van der Waals surface area (Å²) in [4.78, 5) is 13.1. The Bertz CT molecular complexity index is 1310. The number of nitrogens with one attached hydrogen (secondary N) is 2. The standard InChI is InChI=1S/C24H22ClN5O2/c1-14-7-10-16(11-19(14)25)30-23(15-8-9-15)18(13-26-30)24(31)27-22-12-20(28-29-22)17-5-3-4-6-21(17)32-2/h3-7,10-13,15H,8-9H2,1-2H3,(H2,27,28,29,31). The van der Waals surface area contributed by atoms with Gasteiger partial charge >= 0.3 is 0 Å². The van der Waals surface area contributed by atoms with E-state index in [0.29, 0.717) is 22.3 Å². The highest BCUT2D eigenvalue weighted by atomic mass is 35.5. The zero-order chi connectivity index (χ0) is 22.2. The predicted molar refractivity (Wildman–Crippen MR) is 124 cm³/mol. The Morgan fingerprint density at radius 3 is 2.78 bits per heavy atom. The predicted octanol–water partition coefficient (Wildman–Crippen LogP) is 5.36. The quantitative estimate of drug-likeness (QED) is 0.416. The van der Waals surface area contributed by atoms with Crippen molar-refractivity contribution in [2.45, 2.75) is 25.7 Å². The fourth-order valence-corrected chi connectivity index (χ4v) is 3.95. The first-order valence-corrected chi connectivity index (χ1v) is 10.8. The Kier molecular flexibility index (Phi) is 5.19. The summed E-state index contributed by atoms with van der Waals surface area (Å²) in [5.41, 5.74) is 4.92. The maximum atomic E-state index is 13.1. The number of methoxy groups -OCH3 is 1. The molecule has 8 heteroatoms. The van der Waals surface area contributed by atoms with Crippen LogP contribution in [0.2, 0.25) is 5.02 Å². The molecule has 1 fully saturated rings. The van der Waals surface area contributed by atoms with Gasteiger partial charge in [-0.2, -0.15) is 10.2 Å². The molecule has 1 aliphatic carbocycles. The molecule has 0 saturated heterocycles. The summed E-state index contributed by atoms with van der Waals surface area (Å²) in [6.07, 6.45) is 3.68. The second-order valence-electron chi connectivity index (χ2n) is 7.88. The first kappa shape index (κ1) is 20.3. The van der Waals surface area contributed by atoms with Crippen molar-refractivity contribution in [3.05, 3.63) is 76.6 Å². The number of aromatic nitrogens is 4. The maximum Gasteiger partial charge on any atom is 0.260 e. The highest BCUT2D eigenvalue weighted by molar-refractivity contribution is 6.31. The van der Waals surface area contributed by atoms with Crippen LogP contribution in [-0.4, -0.2) is 33.0 Å². The number of hydrogen-bond donors (Lipinski definition) is 2. The van der Waals surface area contributed by atoms with Gasteiger partial charge in [-0.25, -0.2) is 4.68 Å². The number of carbonyl (C=O) groups is 1. The number of aromatic amines is 1. The number of rotatable bonds is 6. The van der Waals surface area contributed by atoms with Gasteiger partial charge in [-0.05, 0) is 49.6 Å². The van der Waals surface area contributed by atoms with Crippen LogP contribution in [0.15, 0.2) is 54.7 Å². The second-order valence-corrected chi connectivity index (χ2v) is 8.29. The molecule has 1 amide bonds. The van der Waals surface area contributed by atoms with Gasteiger partial charge in [-0.1, -0.05) is 29.8 Å². The molecule has 0 unspecified atom stereocenters. The molecular weight excluding hydrogens is 426 g/mol. The molecule has 1 saturated carbocycles. The fourth-order valence-electron chi connectivity index (χ4n) is 3.78. The number of carbonyl (C=O) groups excluding carboxylic acids is 1. The van der Waals surface area contributed by atoms with Crippen LogP contribution >= 0.6 is 11.6 Å². The molecule has 5 rings (SSSR count). The molecule has 1 aliphatic rings. The van der Waals surface area contributed by atoms with Crippen molar-refractivity contribution in [1.82, 2.24) is 20.0 Å². The van der Waals surface area contributed by atoms with E-state index in [4.69, 9.17) is 16.3 Å². The van der Waals surface area contributed by atoms with Gasteiger partial charge in [0.25, 0.3) is 5.91 Å². The number of aryl methyl sites for hydroxylation is 1. The molecule has 0 bridgehead atoms. The van der Waals surface area contributed by atoms with E-state index in [-0.39, 0.29) is 5.91 Å². The summed E-state index contributed by atoms with van der Waals surface area (Å²) in [7, 11) is 1.62. The molecule has 7 nitrogen and oxygen atoms in total. The third-order valence-corrected chi connectivity index (χ3v) is 6.04. The van der Waals surface area contributed by atoms with Crippen LogP contribution in [0.4, 0.5) is 5.82 Å². The smallest absolute Gasteiger partial charge is 0.260 e. The first-order valence-electron chi connectivity index (χ1n) is 10.4. The van der Waals surface area contributed by atoms with Crippen molar-refractivity contribution in [2.24, 2.45) is 0 Å². The average Bonchev–Trinajstić information content (AvgIpc) is 3.37. The van der Waals surface area contributed by atoms with Crippen molar-refractivity contribution < 1.29 is 9.53 Å². The Balaban J connectivity index is 1.43. The molecule has 0 spiro atoms. The molecular formula is C24H22ClN5O2. The Morgan fingerprint density at radius 2 is 2.03 bits per heavy atom. The van der Waals surface area contributed by atoms with Crippen LogP contribution in [0.5, 0.6) is 5.75 Å². The molecule has 0 radical (unpaired) electrons. The lowest BCUT2D eigenvalue weighted by Gasteiger charge is -2.10. The first-order chi connectivity index (χ1) is 15.5. The summed E-state index contributed by atoms with van der Waals surface area (Å²) < 4.78 is 7.24. The largest absolute Gasteiger partial charge is 0.496 e. The summed E-state index contributed by atoms with van der Waals surface area (Å²) in [6, 6.07) is 15.2. The number of para-hydroxylation sites is 1. The van der Waals surface area contributed by atoms with Gasteiger partial charge in [-0.3, -0.25) is 9.89 Å². The highest BCUT2D eigenvalue weighted by Crippen LogP contribution is 2.43. The molecule has 2 N–H and O–H groups in total. The van der Waals surface area contributed by atoms with E-state index < -0.39 is 0 Å². The zero-order valence-electron chi connectivity index (χ0n) is 17.7. The van der Waals surface area contributed by atoms with Crippen LogP contribution in [0.1, 0.15) is 40.4 Å². The number of halogens is 1. The third-order valence-electron chi connectivity index (χ3n) is 5.63. The van der Waals surface area contributed by atoms with E-state index >= 15 is 0 Å². The molecule has 0 aliphatic heterocycles. The summed E-state index contributed by atoms with van der Waals surface area (Å²) in [6.45, 7) is 1.96. The number of ether oxygens (including phenoxy) is 1. The zero-order valence-corrected chi connectivity index (χ0v) is 18.5. The van der Waals surface area contributed by atoms with Gasteiger partial charge < -0.3 is 10.1 Å².